The molecule has 3 nitrogen and oxygen atoms in total. The number of hydrogen-bond acceptors (Lipinski definition) is 3. The monoisotopic (exact) mass is 439 g/mol. The summed E-state index contributed by atoms with van der Waals surface area (Å²) >= 11 is 3.66. The lowest BCUT2D eigenvalue weighted by Gasteiger charge is -2.16. The van der Waals surface area contributed by atoms with Crippen LogP contribution in [0.5, 0.6) is 11.5 Å². The molecule has 0 aromatic heterocycles. The first-order valence-electron chi connectivity index (χ1n) is 9.50. The van der Waals surface area contributed by atoms with Crippen LogP contribution in [0, 0.1) is 13.8 Å². The molecule has 0 unspecified atom stereocenters. The van der Waals surface area contributed by atoms with Crippen LogP contribution in [-0.2, 0) is 13.2 Å². The van der Waals surface area contributed by atoms with Crippen LogP contribution in [0.1, 0.15) is 29.2 Å². The molecule has 0 heterocycles. The minimum atomic E-state index is 0.500. The van der Waals surface area contributed by atoms with Crippen molar-refractivity contribution >= 4 is 21.6 Å². The Bertz CT molecular complexity index is 922. The Hall–Kier alpha value is -2.46. The summed E-state index contributed by atoms with van der Waals surface area (Å²) in [6, 6.07) is 20.8. The summed E-state index contributed by atoms with van der Waals surface area (Å²) < 4.78 is 12.8. The largest absolute Gasteiger partial charge is 0.490 e. The van der Waals surface area contributed by atoms with E-state index in [1.807, 2.05) is 25.1 Å². The number of benzene rings is 3. The molecule has 3 aromatic rings. The van der Waals surface area contributed by atoms with E-state index in [0.29, 0.717) is 19.8 Å². The molecule has 0 atom stereocenters. The molecular formula is C24H26BrNO2. The fraction of sp³-hybridized carbons (Fsp3) is 0.250. The van der Waals surface area contributed by atoms with Gasteiger partial charge in [-0.2, -0.15) is 0 Å². The third-order valence-corrected chi connectivity index (χ3v) is 5.09. The van der Waals surface area contributed by atoms with E-state index < -0.39 is 0 Å². The molecular weight excluding hydrogens is 414 g/mol. The van der Waals surface area contributed by atoms with Crippen molar-refractivity contribution in [3.63, 3.8) is 0 Å². The van der Waals surface area contributed by atoms with Crippen LogP contribution in [0.15, 0.2) is 65.1 Å². The highest BCUT2D eigenvalue weighted by Crippen LogP contribution is 2.37. The Morgan fingerprint density at radius 1 is 0.893 bits per heavy atom. The van der Waals surface area contributed by atoms with Gasteiger partial charge < -0.3 is 14.8 Å². The zero-order valence-corrected chi connectivity index (χ0v) is 18.2. The first kappa shape index (κ1) is 20.3. The summed E-state index contributed by atoms with van der Waals surface area (Å²) in [7, 11) is 0. The van der Waals surface area contributed by atoms with Crippen molar-refractivity contribution < 1.29 is 9.47 Å². The Morgan fingerprint density at radius 2 is 1.64 bits per heavy atom. The molecule has 3 aromatic carbocycles. The van der Waals surface area contributed by atoms with Gasteiger partial charge in [0, 0.05) is 12.2 Å². The molecule has 146 valence electrons. The summed E-state index contributed by atoms with van der Waals surface area (Å²) in [5.74, 6) is 1.49. The lowest BCUT2D eigenvalue weighted by atomic mass is 10.1. The van der Waals surface area contributed by atoms with Crippen LogP contribution >= 0.6 is 15.9 Å². The maximum Gasteiger partial charge on any atom is 0.175 e. The SMILES string of the molecule is CCOc1cc(CNc2ccccc2C)cc(Br)c1OCc1ccc(C)cc1. The Morgan fingerprint density at radius 3 is 2.36 bits per heavy atom. The van der Waals surface area contributed by atoms with Gasteiger partial charge in [-0.05, 0) is 71.6 Å². The lowest BCUT2D eigenvalue weighted by molar-refractivity contribution is 0.267. The number of aryl methyl sites for hydroxylation is 2. The second kappa shape index (κ2) is 9.65. The summed E-state index contributed by atoms with van der Waals surface area (Å²) in [5.41, 5.74) is 5.86. The van der Waals surface area contributed by atoms with E-state index in [1.165, 1.54) is 11.1 Å². The van der Waals surface area contributed by atoms with Gasteiger partial charge in [0.15, 0.2) is 11.5 Å². The number of hydrogen-bond donors (Lipinski definition) is 1. The molecule has 0 bridgehead atoms. The maximum atomic E-state index is 6.09. The number of para-hydroxylation sites is 1. The minimum absolute atomic E-state index is 0.500. The highest BCUT2D eigenvalue weighted by Gasteiger charge is 2.13. The van der Waals surface area contributed by atoms with Crippen molar-refractivity contribution in [2.75, 3.05) is 11.9 Å². The summed E-state index contributed by atoms with van der Waals surface area (Å²) in [4.78, 5) is 0. The Kier molecular flexibility index (Phi) is 6.99. The van der Waals surface area contributed by atoms with E-state index in [2.05, 4.69) is 77.6 Å². The topological polar surface area (TPSA) is 30.5 Å². The van der Waals surface area contributed by atoms with E-state index in [1.54, 1.807) is 0 Å². The highest BCUT2D eigenvalue weighted by atomic mass is 79.9. The molecule has 0 aliphatic rings. The average Bonchev–Trinajstić information content (AvgIpc) is 2.68. The molecule has 0 fully saturated rings. The predicted octanol–water partition coefficient (Wildman–Crippen LogP) is 6.66. The fourth-order valence-electron chi connectivity index (χ4n) is 2.93. The Labute approximate surface area is 175 Å². The number of rotatable bonds is 8. The van der Waals surface area contributed by atoms with Crippen molar-refractivity contribution in [3.8, 4) is 11.5 Å². The molecule has 0 radical (unpaired) electrons. The van der Waals surface area contributed by atoms with E-state index in [0.717, 1.165) is 32.8 Å². The summed E-state index contributed by atoms with van der Waals surface area (Å²) in [5, 5.41) is 3.49. The van der Waals surface area contributed by atoms with Gasteiger partial charge in [0.25, 0.3) is 0 Å². The highest BCUT2D eigenvalue weighted by molar-refractivity contribution is 9.10. The van der Waals surface area contributed by atoms with E-state index in [9.17, 15) is 0 Å². The van der Waals surface area contributed by atoms with Gasteiger partial charge in [0.1, 0.15) is 6.61 Å². The third-order valence-electron chi connectivity index (χ3n) is 4.50. The summed E-state index contributed by atoms with van der Waals surface area (Å²) in [6.45, 7) is 7.96. The molecule has 1 N–H and O–H groups in total. The van der Waals surface area contributed by atoms with Gasteiger partial charge in [-0.15, -0.1) is 0 Å². The van der Waals surface area contributed by atoms with Gasteiger partial charge in [-0.1, -0.05) is 48.0 Å². The maximum absolute atomic E-state index is 6.09. The van der Waals surface area contributed by atoms with Crippen molar-refractivity contribution in [3.05, 3.63) is 87.4 Å². The molecule has 4 heteroatoms. The first-order valence-corrected chi connectivity index (χ1v) is 10.3. The van der Waals surface area contributed by atoms with E-state index >= 15 is 0 Å². The molecule has 3 rings (SSSR count). The lowest BCUT2D eigenvalue weighted by Crippen LogP contribution is -2.04. The molecule has 28 heavy (non-hydrogen) atoms. The smallest absolute Gasteiger partial charge is 0.175 e. The predicted molar refractivity (Wildman–Crippen MR) is 119 cm³/mol. The number of anilines is 1. The van der Waals surface area contributed by atoms with Gasteiger partial charge in [0.2, 0.25) is 0 Å². The van der Waals surface area contributed by atoms with Crippen LogP contribution in [0.3, 0.4) is 0 Å². The first-order chi connectivity index (χ1) is 13.6. The van der Waals surface area contributed by atoms with Crippen molar-refractivity contribution in [2.45, 2.75) is 33.9 Å². The van der Waals surface area contributed by atoms with E-state index in [-0.39, 0.29) is 0 Å². The number of ether oxygens (including phenoxy) is 2. The van der Waals surface area contributed by atoms with Crippen LogP contribution < -0.4 is 14.8 Å². The van der Waals surface area contributed by atoms with Crippen molar-refractivity contribution in [1.29, 1.82) is 0 Å². The normalized spacial score (nSPS) is 10.6. The van der Waals surface area contributed by atoms with Crippen LogP contribution in [0.4, 0.5) is 5.69 Å². The quantitative estimate of drug-likeness (QED) is 0.425. The van der Waals surface area contributed by atoms with Gasteiger partial charge in [0.05, 0.1) is 11.1 Å². The summed E-state index contributed by atoms with van der Waals surface area (Å²) in [6.07, 6.45) is 0. The standard InChI is InChI=1S/C24H26BrNO2/c1-4-27-23-14-20(15-26-22-8-6-5-7-18(22)3)13-21(25)24(23)28-16-19-11-9-17(2)10-12-19/h5-14,26H,4,15-16H2,1-3H3. The molecule has 0 aliphatic carbocycles. The van der Waals surface area contributed by atoms with Crippen molar-refractivity contribution in [1.82, 2.24) is 0 Å². The van der Waals surface area contributed by atoms with Gasteiger partial charge in [-0.3, -0.25) is 0 Å². The number of halogens is 1. The number of nitrogens with one attached hydrogen (secondary N) is 1. The molecule has 0 saturated heterocycles. The van der Waals surface area contributed by atoms with Crippen LogP contribution in [0.25, 0.3) is 0 Å². The van der Waals surface area contributed by atoms with Crippen molar-refractivity contribution in [2.24, 2.45) is 0 Å². The van der Waals surface area contributed by atoms with Gasteiger partial charge >= 0.3 is 0 Å². The molecule has 0 amide bonds. The average molecular weight is 440 g/mol. The van der Waals surface area contributed by atoms with Gasteiger partial charge in [-0.25, -0.2) is 0 Å². The van der Waals surface area contributed by atoms with Crippen LogP contribution in [-0.4, -0.2) is 6.61 Å². The van der Waals surface area contributed by atoms with E-state index in [4.69, 9.17) is 9.47 Å². The molecule has 0 saturated carbocycles. The molecule has 0 aliphatic heterocycles. The second-order valence-electron chi connectivity index (χ2n) is 6.78. The second-order valence-corrected chi connectivity index (χ2v) is 7.64. The fourth-order valence-corrected chi connectivity index (χ4v) is 3.54. The third kappa shape index (κ3) is 5.29. The Balaban J connectivity index is 1.75. The molecule has 0 spiro atoms. The van der Waals surface area contributed by atoms with Crippen LogP contribution in [0.2, 0.25) is 0 Å². The minimum Gasteiger partial charge on any atom is -0.490 e. The zero-order valence-electron chi connectivity index (χ0n) is 16.6. The zero-order chi connectivity index (χ0) is 19.9.